The minimum atomic E-state index is -0.0706. The molecule has 0 aromatic carbocycles. The van der Waals surface area contributed by atoms with E-state index in [0.29, 0.717) is 6.42 Å². The fraction of sp³-hybridized carbons (Fsp3) is 0.913. The molecule has 2 fully saturated rings. The number of nitrogens with one attached hydrogen (secondary N) is 1. The summed E-state index contributed by atoms with van der Waals surface area (Å²) in [6.45, 7) is 10.9. The summed E-state index contributed by atoms with van der Waals surface area (Å²) >= 11 is 0. The summed E-state index contributed by atoms with van der Waals surface area (Å²) in [7, 11) is 0. The molecular formula is C23H42N2O2. The fourth-order valence-electron chi connectivity index (χ4n) is 5.30. The molecule has 1 unspecified atom stereocenters. The van der Waals surface area contributed by atoms with E-state index in [1.807, 2.05) is 0 Å². The first-order chi connectivity index (χ1) is 12.7. The van der Waals surface area contributed by atoms with Gasteiger partial charge in [-0.1, -0.05) is 58.3 Å². The third-order valence-electron chi connectivity index (χ3n) is 6.22. The van der Waals surface area contributed by atoms with Crippen LogP contribution in [-0.2, 0) is 9.59 Å². The van der Waals surface area contributed by atoms with Crippen LogP contribution in [0, 0.1) is 5.92 Å². The monoisotopic (exact) mass is 378 g/mol. The van der Waals surface area contributed by atoms with Crippen molar-refractivity contribution < 1.29 is 9.59 Å². The van der Waals surface area contributed by atoms with Crippen LogP contribution in [0.15, 0.2) is 0 Å². The highest BCUT2D eigenvalue weighted by molar-refractivity contribution is 6.03. The van der Waals surface area contributed by atoms with Crippen molar-refractivity contribution in [1.82, 2.24) is 10.2 Å². The van der Waals surface area contributed by atoms with Crippen molar-refractivity contribution in [2.75, 3.05) is 0 Å². The number of imide groups is 1. The lowest BCUT2D eigenvalue weighted by molar-refractivity contribution is -0.144. The molecule has 0 saturated carbocycles. The predicted octanol–water partition coefficient (Wildman–Crippen LogP) is 5.20. The Labute approximate surface area is 166 Å². The zero-order valence-electron chi connectivity index (χ0n) is 18.4. The highest BCUT2D eigenvalue weighted by atomic mass is 16.2. The molecular weight excluding hydrogens is 336 g/mol. The number of hydrogen-bond donors (Lipinski definition) is 1. The maximum Gasteiger partial charge on any atom is 0.233 e. The molecule has 27 heavy (non-hydrogen) atoms. The molecule has 0 aromatic rings. The molecule has 2 rings (SSSR count). The number of carbonyl (C=O) groups is 2. The molecule has 1 N–H and O–H groups in total. The van der Waals surface area contributed by atoms with Crippen molar-refractivity contribution in [2.45, 2.75) is 129 Å². The Morgan fingerprint density at radius 2 is 1.41 bits per heavy atom. The number of unbranched alkanes of at least 4 members (excludes halogenated alkanes) is 7. The molecule has 156 valence electrons. The van der Waals surface area contributed by atoms with Gasteiger partial charge in [-0.25, -0.2) is 0 Å². The van der Waals surface area contributed by atoms with Crippen LogP contribution >= 0.6 is 0 Å². The van der Waals surface area contributed by atoms with Crippen LogP contribution in [0.5, 0.6) is 0 Å². The smallest absolute Gasteiger partial charge is 0.233 e. The highest BCUT2D eigenvalue weighted by Crippen LogP contribution is 2.36. The molecule has 0 bridgehead atoms. The molecule has 4 heteroatoms. The molecule has 0 aromatic heterocycles. The van der Waals surface area contributed by atoms with Gasteiger partial charge < -0.3 is 5.32 Å². The van der Waals surface area contributed by atoms with Gasteiger partial charge in [-0.3, -0.25) is 14.5 Å². The van der Waals surface area contributed by atoms with Gasteiger partial charge in [0, 0.05) is 29.5 Å². The summed E-state index contributed by atoms with van der Waals surface area (Å²) in [4.78, 5) is 27.2. The van der Waals surface area contributed by atoms with Crippen LogP contribution in [0.1, 0.15) is 112 Å². The van der Waals surface area contributed by atoms with Crippen LogP contribution in [0.3, 0.4) is 0 Å². The minimum absolute atomic E-state index is 0.0415. The van der Waals surface area contributed by atoms with Gasteiger partial charge in [0.15, 0.2) is 0 Å². The van der Waals surface area contributed by atoms with Crippen LogP contribution in [0.2, 0.25) is 0 Å². The minimum Gasteiger partial charge on any atom is -0.307 e. The number of piperidine rings is 1. The van der Waals surface area contributed by atoms with E-state index in [1.54, 1.807) is 4.90 Å². The van der Waals surface area contributed by atoms with Crippen molar-refractivity contribution in [1.29, 1.82) is 0 Å². The lowest BCUT2D eigenvalue weighted by atomic mass is 9.79. The Morgan fingerprint density at radius 1 is 0.889 bits per heavy atom. The molecule has 2 aliphatic heterocycles. The summed E-state index contributed by atoms with van der Waals surface area (Å²) in [5.41, 5.74) is -0.105. The van der Waals surface area contributed by atoms with Crippen molar-refractivity contribution >= 4 is 11.8 Å². The SMILES string of the molecule is CCCCCCCCCCC1CC(=O)N(C2CC(C)(C)NC(C)(C)C2)C1=O. The standard InChI is InChI=1S/C23H42N2O2/c1-6-7-8-9-10-11-12-13-14-18-15-20(26)25(21(18)27)19-16-22(2,3)24-23(4,5)17-19/h18-19,24H,6-17H2,1-5H3. The van der Waals surface area contributed by atoms with E-state index in [9.17, 15) is 9.59 Å². The van der Waals surface area contributed by atoms with Crippen LogP contribution < -0.4 is 5.32 Å². The molecule has 1 atom stereocenters. The Kier molecular flexibility index (Phi) is 7.91. The van der Waals surface area contributed by atoms with Gasteiger partial charge in [0.05, 0.1) is 0 Å². The molecule has 0 radical (unpaired) electrons. The van der Waals surface area contributed by atoms with Crippen LogP contribution in [-0.4, -0.2) is 33.8 Å². The second-order valence-corrected chi connectivity index (χ2v) is 10.2. The number of likely N-dealkylation sites (tertiary alicyclic amines) is 1. The second kappa shape index (κ2) is 9.54. The van der Waals surface area contributed by atoms with Gasteiger partial charge in [-0.2, -0.15) is 0 Å². The molecule has 0 spiro atoms. The van der Waals surface area contributed by atoms with E-state index >= 15 is 0 Å². The molecule has 2 heterocycles. The number of amides is 2. The van der Waals surface area contributed by atoms with Gasteiger partial charge in [0.1, 0.15) is 0 Å². The summed E-state index contributed by atoms with van der Waals surface area (Å²) in [6.07, 6.45) is 13.2. The average Bonchev–Trinajstić information content (AvgIpc) is 2.81. The van der Waals surface area contributed by atoms with Gasteiger partial charge in [-0.05, 0) is 47.0 Å². The first-order valence-electron chi connectivity index (χ1n) is 11.3. The van der Waals surface area contributed by atoms with Crippen molar-refractivity contribution in [3.63, 3.8) is 0 Å². The van der Waals surface area contributed by atoms with Gasteiger partial charge in [0.25, 0.3) is 0 Å². The van der Waals surface area contributed by atoms with E-state index in [1.165, 1.54) is 44.9 Å². The molecule has 2 aliphatic rings. The number of hydrogen-bond acceptors (Lipinski definition) is 3. The first-order valence-corrected chi connectivity index (χ1v) is 11.3. The highest BCUT2D eigenvalue weighted by Gasteiger charge is 2.47. The largest absolute Gasteiger partial charge is 0.307 e. The van der Waals surface area contributed by atoms with Crippen LogP contribution in [0.25, 0.3) is 0 Å². The normalized spacial score (nSPS) is 25.4. The van der Waals surface area contributed by atoms with Crippen molar-refractivity contribution in [2.24, 2.45) is 5.92 Å². The lowest BCUT2D eigenvalue weighted by Crippen LogP contribution is -2.62. The third kappa shape index (κ3) is 6.58. The average molecular weight is 379 g/mol. The van der Waals surface area contributed by atoms with Gasteiger partial charge in [0.2, 0.25) is 11.8 Å². The maximum atomic E-state index is 13.0. The summed E-state index contributed by atoms with van der Waals surface area (Å²) in [5.74, 6) is 0.0863. The van der Waals surface area contributed by atoms with Gasteiger partial charge in [-0.15, -0.1) is 0 Å². The van der Waals surface area contributed by atoms with E-state index in [-0.39, 0.29) is 34.9 Å². The summed E-state index contributed by atoms with van der Waals surface area (Å²) in [6, 6.07) is 0.0415. The van der Waals surface area contributed by atoms with Crippen LogP contribution in [0.4, 0.5) is 0 Å². The summed E-state index contributed by atoms with van der Waals surface area (Å²) < 4.78 is 0. The second-order valence-electron chi connectivity index (χ2n) is 10.2. The number of nitrogens with zero attached hydrogens (tertiary/aromatic N) is 1. The Bertz CT molecular complexity index is 497. The summed E-state index contributed by atoms with van der Waals surface area (Å²) in [5, 5.41) is 3.64. The quantitative estimate of drug-likeness (QED) is 0.420. The maximum absolute atomic E-state index is 13.0. The van der Waals surface area contributed by atoms with E-state index in [4.69, 9.17) is 0 Å². The molecule has 0 aliphatic carbocycles. The topological polar surface area (TPSA) is 49.4 Å². The van der Waals surface area contributed by atoms with Gasteiger partial charge >= 0.3 is 0 Å². The first kappa shape index (κ1) is 22.4. The van der Waals surface area contributed by atoms with E-state index in [2.05, 4.69) is 39.9 Å². The number of rotatable bonds is 10. The third-order valence-corrected chi connectivity index (χ3v) is 6.22. The lowest BCUT2D eigenvalue weighted by Gasteiger charge is -2.48. The zero-order valence-corrected chi connectivity index (χ0v) is 18.4. The number of carbonyl (C=O) groups excluding carboxylic acids is 2. The van der Waals surface area contributed by atoms with E-state index in [0.717, 1.165) is 25.7 Å². The van der Waals surface area contributed by atoms with Crippen molar-refractivity contribution in [3.8, 4) is 0 Å². The Balaban J connectivity index is 1.79. The Morgan fingerprint density at radius 3 is 1.96 bits per heavy atom. The fourth-order valence-corrected chi connectivity index (χ4v) is 5.30. The predicted molar refractivity (Wildman–Crippen MR) is 112 cm³/mol. The van der Waals surface area contributed by atoms with Crippen molar-refractivity contribution in [3.05, 3.63) is 0 Å². The Hall–Kier alpha value is -0.900. The molecule has 4 nitrogen and oxygen atoms in total. The zero-order chi connectivity index (χ0) is 20.1. The molecule has 2 amide bonds. The van der Waals surface area contributed by atoms with E-state index < -0.39 is 0 Å². The molecule has 2 saturated heterocycles.